The predicted molar refractivity (Wildman–Crippen MR) is 52.5 cm³/mol. The van der Waals surface area contributed by atoms with E-state index in [2.05, 4.69) is 6.92 Å². The molecule has 0 aliphatic rings. The highest BCUT2D eigenvalue weighted by Gasteiger charge is 1.85. The van der Waals surface area contributed by atoms with E-state index in [9.17, 15) is 0 Å². The molecular formula is C10H20O3. The fourth-order valence-electron chi connectivity index (χ4n) is 0.783. The second kappa shape index (κ2) is 11.6. The lowest BCUT2D eigenvalue weighted by Gasteiger charge is -2.02. The summed E-state index contributed by atoms with van der Waals surface area (Å²) in [5.41, 5.74) is 0. The van der Waals surface area contributed by atoms with Crippen molar-refractivity contribution < 1.29 is 14.6 Å². The molecule has 0 radical (unpaired) electrons. The summed E-state index contributed by atoms with van der Waals surface area (Å²) in [5, 5.41) is 8.46. The maximum absolute atomic E-state index is 8.46. The van der Waals surface area contributed by atoms with E-state index < -0.39 is 0 Å². The van der Waals surface area contributed by atoms with Crippen LogP contribution in [0.1, 0.15) is 26.2 Å². The van der Waals surface area contributed by atoms with Gasteiger partial charge >= 0.3 is 0 Å². The lowest BCUT2D eigenvalue weighted by molar-refractivity contribution is -0.0519. The smallest absolute Gasteiger partial charge is 0.146 e. The summed E-state index contributed by atoms with van der Waals surface area (Å²) in [4.78, 5) is 0. The Balaban J connectivity index is 2.91. The molecule has 3 nitrogen and oxygen atoms in total. The second-order valence-corrected chi connectivity index (χ2v) is 2.71. The van der Waals surface area contributed by atoms with Crippen LogP contribution in [0, 0.1) is 0 Å². The summed E-state index contributed by atoms with van der Waals surface area (Å²) in [6.07, 6.45) is 6.61. The molecule has 1 N–H and O–H groups in total. The second-order valence-electron chi connectivity index (χ2n) is 2.71. The van der Waals surface area contributed by atoms with E-state index in [4.69, 9.17) is 14.6 Å². The maximum Gasteiger partial charge on any atom is 0.146 e. The molecular weight excluding hydrogens is 168 g/mol. The minimum absolute atomic E-state index is 0.219. The molecule has 0 aromatic heterocycles. The standard InChI is InChI=1S/C10H20O3/c1-2-8-12-10-13-9-6-4-3-5-7-11/h3-4,11H,2,5-10H2,1H3. The van der Waals surface area contributed by atoms with E-state index in [1.165, 1.54) is 0 Å². The lowest BCUT2D eigenvalue weighted by atomic mass is 10.3. The van der Waals surface area contributed by atoms with E-state index in [1.807, 2.05) is 12.2 Å². The van der Waals surface area contributed by atoms with Crippen LogP contribution in [0.15, 0.2) is 12.2 Å². The Morgan fingerprint density at radius 3 is 2.46 bits per heavy atom. The van der Waals surface area contributed by atoms with Gasteiger partial charge in [-0.15, -0.1) is 0 Å². The average Bonchev–Trinajstić information content (AvgIpc) is 2.16. The van der Waals surface area contributed by atoms with E-state index in [1.54, 1.807) is 0 Å². The maximum atomic E-state index is 8.46. The first-order chi connectivity index (χ1) is 6.41. The van der Waals surface area contributed by atoms with Crippen molar-refractivity contribution in [3.8, 4) is 0 Å². The van der Waals surface area contributed by atoms with E-state index in [0.29, 0.717) is 13.4 Å². The fraction of sp³-hybridized carbons (Fsp3) is 0.800. The Labute approximate surface area is 80.4 Å². The Morgan fingerprint density at radius 2 is 1.77 bits per heavy atom. The third-order valence-electron chi connectivity index (χ3n) is 1.41. The molecule has 0 atom stereocenters. The van der Waals surface area contributed by atoms with Gasteiger partial charge < -0.3 is 14.6 Å². The summed E-state index contributed by atoms with van der Waals surface area (Å²) in [7, 11) is 0. The highest BCUT2D eigenvalue weighted by Crippen LogP contribution is 1.89. The van der Waals surface area contributed by atoms with Gasteiger partial charge in [-0.1, -0.05) is 19.1 Å². The van der Waals surface area contributed by atoms with Gasteiger partial charge in [0.2, 0.25) is 0 Å². The molecule has 3 heteroatoms. The summed E-state index contributed by atoms with van der Waals surface area (Å²) < 4.78 is 10.3. The van der Waals surface area contributed by atoms with Crippen LogP contribution in [0.25, 0.3) is 0 Å². The summed E-state index contributed by atoms with van der Waals surface area (Å²) in [6, 6.07) is 0. The minimum Gasteiger partial charge on any atom is -0.396 e. The van der Waals surface area contributed by atoms with Crippen molar-refractivity contribution >= 4 is 0 Å². The van der Waals surface area contributed by atoms with E-state index >= 15 is 0 Å². The predicted octanol–water partition coefficient (Wildman–Crippen LogP) is 1.72. The first kappa shape index (κ1) is 12.6. The zero-order valence-electron chi connectivity index (χ0n) is 8.37. The van der Waals surface area contributed by atoms with Crippen LogP contribution in [0.2, 0.25) is 0 Å². The van der Waals surface area contributed by atoms with Gasteiger partial charge in [0.25, 0.3) is 0 Å². The SMILES string of the molecule is CCCOCOCCC=CCCO. The highest BCUT2D eigenvalue weighted by atomic mass is 16.7. The zero-order valence-corrected chi connectivity index (χ0v) is 8.37. The molecule has 0 unspecified atom stereocenters. The summed E-state index contributed by atoms with van der Waals surface area (Å²) >= 11 is 0. The number of ether oxygens (including phenoxy) is 2. The Bertz CT molecular complexity index is 113. The quantitative estimate of drug-likeness (QED) is 0.340. The average molecular weight is 188 g/mol. The van der Waals surface area contributed by atoms with Crippen molar-refractivity contribution in [1.82, 2.24) is 0 Å². The molecule has 0 fully saturated rings. The number of hydrogen-bond donors (Lipinski definition) is 1. The summed E-state index contributed by atoms with van der Waals surface area (Å²) in [5.74, 6) is 0. The summed E-state index contributed by atoms with van der Waals surface area (Å²) in [6.45, 7) is 4.13. The Morgan fingerprint density at radius 1 is 1.08 bits per heavy atom. The molecule has 0 heterocycles. The molecule has 0 rings (SSSR count). The van der Waals surface area contributed by atoms with Gasteiger partial charge in [0, 0.05) is 13.2 Å². The van der Waals surface area contributed by atoms with Gasteiger partial charge in [-0.3, -0.25) is 0 Å². The van der Waals surface area contributed by atoms with Crippen molar-refractivity contribution in [2.75, 3.05) is 26.6 Å². The molecule has 0 bridgehead atoms. The molecule has 0 aliphatic heterocycles. The topological polar surface area (TPSA) is 38.7 Å². The molecule has 0 spiro atoms. The highest BCUT2D eigenvalue weighted by molar-refractivity contribution is 4.80. The number of aliphatic hydroxyl groups is 1. The van der Waals surface area contributed by atoms with Crippen molar-refractivity contribution in [2.45, 2.75) is 26.2 Å². The lowest BCUT2D eigenvalue weighted by Crippen LogP contribution is -2.01. The van der Waals surface area contributed by atoms with Gasteiger partial charge in [-0.05, 0) is 19.3 Å². The van der Waals surface area contributed by atoms with Crippen molar-refractivity contribution in [2.24, 2.45) is 0 Å². The van der Waals surface area contributed by atoms with Crippen molar-refractivity contribution in [3.05, 3.63) is 12.2 Å². The molecule has 0 saturated carbocycles. The van der Waals surface area contributed by atoms with E-state index in [-0.39, 0.29) is 6.61 Å². The van der Waals surface area contributed by atoms with Crippen LogP contribution in [-0.2, 0) is 9.47 Å². The van der Waals surface area contributed by atoms with Crippen LogP contribution < -0.4 is 0 Å². The van der Waals surface area contributed by atoms with Crippen LogP contribution >= 0.6 is 0 Å². The van der Waals surface area contributed by atoms with Gasteiger partial charge in [-0.2, -0.15) is 0 Å². The Kier molecular flexibility index (Phi) is 11.3. The molecule has 0 aromatic rings. The number of hydrogen-bond acceptors (Lipinski definition) is 3. The van der Waals surface area contributed by atoms with E-state index in [0.717, 1.165) is 25.9 Å². The molecule has 13 heavy (non-hydrogen) atoms. The van der Waals surface area contributed by atoms with Gasteiger partial charge in [-0.25, -0.2) is 0 Å². The minimum atomic E-state index is 0.219. The first-order valence-corrected chi connectivity index (χ1v) is 4.83. The van der Waals surface area contributed by atoms with Gasteiger partial charge in [0.05, 0.1) is 6.61 Å². The van der Waals surface area contributed by atoms with Crippen LogP contribution in [0.4, 0.5) is 0 Å². The van der Waals surface area contributed by atoms with Gasteiger partial charge in [0.15, 0.2) is 0 Å². The van der Waals surface area contributed by atoms with Gasteiger partial charge in [0.1, 0.15) is 6.79 Å². The van der Waals surface area contributed by atoms with Crippen molar-refractivity contribution in [3.63, 3.8) is 0 Å². The monoisotopic (exact) mass is 188 g/mol. The molecule has 78 valence electrons. The fourth-order valence-corrected chi connectivity index (χ4v) is 0.783. The molecule has 0 amide bonds. The van der Waals surface area contributed by atoms with Crippen LogP contribution in [0.5, 0.6) is 0 Å². The van der Waals surface area contributed by atoms with Crippen LogP contribution in [0.3, 0.4) is 0 Å². The first-order valence-electron chi connectivity index (χ1n) is 4.83. The molecule has 0 aromatic carbocycles. The molecule has 0 saturated heterocycles. The number of aliphatic hydroxyl groups excluding tert-OH is 1. The number of rotatable bonds is 9. The third kappa shape index (κ3) is 11.6. The van der Waals surface area contributed by atoms with Crippen molar-refractivity contribution in [1.29, 1.82) is 0 Å². The van der Waals surface area contributed by atoms with Crippen LogP contribution in [-0.4, -0.2) is 31.7 Å². The zero-order chi connectivity index (χ0) is 9.78. The molecule has 0 aliphatic carbocycles. The Hall–Kier alpha value is -0.380. The normalized spacial score (nSPS) is 11.2. The largest absolute Gasteiger partial charge is 0.396 e. The third-order valence-corrected chi connectivity index (χ3v) is 1.41.